The van der Waals surface area contributed by atoms with Gasteiger partial charge in [0.2, 0.25) is 0 Å². The fourth-order valence-electron chi connectivity index (χ4n) is 7.30. The molecule has 0 aromatic heterocycles. The average Bonchev–Trinajstić information content (AvgIpc) is 3.32. The van der Waals surface area contributed by atoms with Crippen LogP contribution in [0, 0.1) is 5.92 Å². The minimum Gasteiger partial charge on any atom is -0.497 e. The van der Waals surface area contributed by atoms with Crippen molar-refractivity contribution in [1.82, 2.24) is 0 Å². The first-order valence-electron chi connectivity index (χ1n) is 16.3. The Balaban J connectivity index is 1.25. The normalized spacial score (nSPS) is 22.7. The van der Waals surface area contributed by atoms with E-state index >= 15 is 0 Å². The molecule has 1 N–H and O–H groups in total. The number of carbonyl (C=O) groups is 1. The van der Waals surface area contributed by atoms with Crippen molar-refractivity contribution >= 4 is 29.3 Å². The van der Waals surface area contributed by atoms with E-state index in [1.165, 1.54) is 23.8 Å². The van der Waals surface area contributed by atoms with E-state index in [1.54, 1.807) is 7.11 Å². The Morgan fingerprint density at radius 1 is 0.957 bits per heavy atom. The molecule has 1 aliphatic heterocycles. The summed E-state index contributed by atoms with van der Waals surface area (Å²) < 4.78 is 29.2. The Morgan fingerprint density at radius 2 is 1.67 bits per heavy atom. The van der Waals surface area contributed by atoms with Gasteiger partial charge in [-0.25, -0.2) is 4.79 Å². The van der Waals surface area contributed by atoms with Crippen molar-refractivity contribution in [2.24, 2.45) is 5.92 Å². The molecule has 8 heteroatoms. The summed E-state index contributed by atoms with van der Waals surface area (Å²) in [7, 11) is 3.14. The van der Waals surface area contributed by atoms with Crippen LogP contribution in [0.25, 0.3) is 6.08 Å². The third-order valence-electron chi connectivity index (χ3n) is 9.77. The molecule has 244 valence electrons. The highest BCUT2D eigenvalue weighted by Crippen LogP contribution is 2.57. The van der Waals surface area contributed by atoms with Crippen LogP contribution in [0.3, 0.4) is 0 Å². The number of carbonyl (C=O) groups excluding carboxylic acids is 1. The fraction of sp³-hybridized carbons (Fsp3) is 0.447. The molecule has 1 spiro atoms. The SMILES string of the molecule is COC(=O)C1(Nc2cccc(Cl)c2)CCC2(CC1)C(C[C@@H](C)COCc1ccc(OC)cc1)=Cc1cc3c(cc12)OCCCCO3. The summed E-state index contributed by atoms with van der Waals surface area (Å²) in [6, 6.07) is 19.9. The molecule has 3 aromatic rings. The third kappa shape index (κ3) is 6.72. The zero-order chi connectivity index (χ0) is 32.1. The Labute approximate surface area is 277 Å². The number of allylic oxidation sites excluding steroid dienone is 1. The fourth-order valence-corrected chi connectivity index (χ4v) is 7.49. The Kier molecular flexibility index (Phi) is 9.81. The number of nitrogens with one attached hydrogen (secondary N) is 1. The smallest absolute Gasteiger partial charge is 0.331 e. The van der Waals surface area contributed by atoms with Gasteiger partial charge in [0.05, 0.1) is 34.0 Å². The van der Waals surface area contributed by atoms with Crippen molar-refractivity contribution in [1.29, 1.82) is 0 Å². The summed E-state index contributed by atoms with van der Waals surface area (Å²) in [5.41, 5.74) is 4.67. The Hall–Kier alpha value is -3.68. The molecule has 6 rings (SSSR count). The molecule has 3 aliphatic rings. The second-order valence-electron chi connectivity index (χ2n) is 12.9. The number of rotatable bonds is 10. The number of ether oxygens (including phenoxy) is 5. The van der Waals surface area contributed by atoms with Crippen LogP contribution in [0.5, 0.6) is 17.2 Å². The summed E-state index contributed by atoms with van der Waals surface area (Å²) in [4.78, 5) is 13.4. The van der Waals surface area contributed by atoms with E-state index in [-0.39, 0.29) is 11.4 Å². The quantitative estimate of drug-likeness (QED) is 0.222. The van der Waals surface area contributed by atoms with E-state index in [0.717, 1.165) is 60.6 Å². The predicted molar refractivity (Wildman–Crippen MR) is 181 cm³/mol. The molecule has 0 bridgehead atoms. The average molecular weight is 646 g/mol. The predicted octanol–water partition coefficient (Wildman–Crippen LogP) is 8.38. The molecule has 1 saturated carbocycles. The number of fused-ring (bicyclic) bond motifs is 3. The van der Waals surface area contributed by atoms with Gasteiger partial charge < -0.3 is 29.0 Å². The van der Waals surface area contributed by atoms with Crippen molar-refractivity contribution in [3.8, 4) is 17.2 Å². The third-order valence-corrected chi connectivity index (χ3v) is 10.0. The first-order valence-corrected chi connectivity index (χ1v) is 16.7. The van der Waals surface area contributed by atoms with Gasteiger partial charge in [0.1, 0.15) is 11.3 Å². The van der Waals surface area contributed by atoms with Gasteiger partial charge in [0.15, 0.2) is 11.5 Å². The summed E-state index contributed by atoms with van der Waals surface area (Å²) >= 11 is 6.31. The van der Waals surface area contributed by atoms with Gasteiger partial charge in [-0.3, -0.25) is 0 Å². The number of benzene rings is 3. The molecule has 2 aliphatic carbocycles. The van der Waals surface area contributed by atoms with Crippen molar-refractivity contribution in [2.75, 3.05) is 39.4 Å². The van der Waals surface area contributed by atoms with E-state index in [4.69, 9.17) is 35.3 Å². The highest BCUT2D eigenvalue weighted by Gasteiger charge is 2.52. The number of anilines is 1. The van der Waals surface area contributed by atoms with Crippen molar-refractivity contribution in [3.63, 3.8) is 0 Å². The van der Waals surface area contributed by atoms with Gasteiger partial charge in [-0.2, -0.15) is 0 Å². The number of hydrogen-bond acceptors (Lipinski definition) is 7. The summed E-state index contributed by atoms with van der Waals surface area (Å²) in [5, 5.41) is 4.16. The molecule has 1 fully saturated rings. The van der Waals surface area contributed by atoms with Crippen LogP contribution in [0.15, 0.2) is 66.2 Å². The highest BCUT2D eigenvalue weighted by atomic mass is 35.5. The molecule has 1 heterocycles. The molecule has 0 saturated heterocycles. The van der Waals surface area contributed by atoms with Crippen LogP contribution in [0.2, 0.25) is 5.02 Å². The van der Waals surface area contributed by atoms with E-state index in [2.05, 4.69) is 30.4 Å². The monoisotopic (exact) mass is 645 g/mol. The van der Waals surface area contributed by atoms with E-state index in [0.29, 0.717) is 50.2 Å². The maximum Gasteiger partial charge on any atom is 0.331 e. The molecule has 1 atom stereocenters. The van der Waals surface area contributed by atoms with Crippen LogP contribution in [-0.2, 0) is 26.3 Å². The van der Waals surface area contributed by atoms with Crippen molar-refractivity contribution in [3.05, 3.63) is 87.9 Å². The standard InChI is InChI=1S/C38H44ClNO6/c1-26(24-44-25-27-9-11-32(42-2)12-10-27)19-29-20-28-21-34-35(46-18-5-4-17-45-34)23-33(28)37(29)13-15-38(16-14-37,36(41)43-3)40-31-8-6-7-30(39)22-31/h6-12,20-23,26,40H,4-5,13-19,24-25H2,1-3H3/t26-,37?,38?/m1/s1. The number of hydrogen-bond donors (Lipinski definition) is 1. The minimum atomic E-state index is -0.852. The lowest BCUT2D eigenvalue weighted by Crippen LogP contribution is -2.52. The van der Waals surface area contributed by atoms with Gasteiger partial charge in [-0.1, -0.05) is 48.4 Å². The minimum absolute atomic E-state index is 0.228. The van der Waals surface area contributed by atoms with Gasteiger partial charge in [0.25, 0.3) is 0 Å². The second kappa shape index (κ2) is 14.0. The largest absolute Gasteiger partial charge is 0.497 e. The number of halogens is 1. The molecule has 7 nitrogen and oxygen atoms in total. The van der Waals surface area contributed by atoms with E-state index < -0.39 is 5.54 Å². The van der Waals surface area contributed by atoms with Crippen molar-refractivity contribution < 1.29 is 28.5 Å². The summed E-state index contributed by atoms with van der Waals surface area (Å²) in [6.07, 6.45) is 7.98. The first kappa shape index (κ1) is 32.3. The van der Waals surface area contributed by atoms with Gasteiger partial charge in [0, 0.05) is 22.7 Å². The maximum absolute atomic E-state index is 13.4. The Morgan fingerprint density at radius 3 is 2.35 bits per heavy atom. The Bertz CT molecular complexity index is 1560. The molecular formula is C38H44ClNO6. The highest BCUT2D eigenvalue weighted by molar-refractivity contribution is 6.30. The summed E-state index contributed by atoms with van der Waals surface area (Å²) in [6.45, 7) is 4.81. The lowest BCUT2D eigenvalue weighted by molar-refractivity contribution is -0.147. The van der Waals surface area contributed by atoms with Gasteiger partial charge >= 0.3 is 5.97 Å². The topological polar surface area (TPSA) is 75.3 Å². The number of esters is 1. The van der Waals surface area contributed by atoms with Crippen LogP contribution in [0.4, 0.5) is 5.69 Å². The molecule has 0 amide bonds. The molecule has 3 aromatic carbocycles. The lowest BCUT2D eigenvalue weighted by Gasteiger charge is -2.46. The van der Waals surface area contributed by atoms with E-state index in [1.807, 2.05) is 48.5 Å². The zero-order valence-electron chi connectivity index (χ0n) is 27.0. The van der Waals surface area contributed by atoms with Gasteiger partial charge in [-0.05, 0) is 110 Å². The summed E-state index contributed by atoms with van der Waals surface area (Å²) in [5.74, 6) is 2.50. The maximum atomic E-state index is 13.4. The molecule has 46 heavy (non-hydrogen) atoms. The second-order valence-corrected chi connectivity index (χ2v) is 13.4. The van der Waals surface area contributed by atoms with Crippen LogP contribution in [-0.4, -0.2) is 45.5 Å². The zero-order valence-corrected chi connectivity index (χ0v) is 27.8. The number of methoxy groups -OCH3 is 2. The van der Waals surface area contributed by atoms with Gasteiger partial charge in [-0.15, -0.1) is 0 Å². The first-order chi connectivity index (χ1) is 22.3. The molecule has 0 radical (unpaired) electrons. The molecular weight excluding hydrogens is 602 g/mol. The molecule has 0 unspecified atom stereocenters. The van der Waals surface area contributed by atoms with E-state index in [9.17, 15) is 4.79 Å². The lowest BCUT2D eigenvalue weighted by atomic mass is 9.61. The van der Waals surface area contributed by atoms with Crippen LogP contribution >= 0.6 is 11.6 Å². The van der Waals surface area contributed by atoms with Crippen LogP contribution < -0.4 is 19.5 Å². The van der Waals surface area contributed by atoms with Crippen molar-refractivity contribution in [2.45, 2.75) is 69.4 Å². The van der Waals surface area contributed by atoms with Crippen LogP contribution in [0.1, 0.15) is 68.6 Å².